The molecule has 4 N–H and O–H groups in total. The summed E-state index contributed by atoms with van der Waals surface area (Å²) in [4.78, 5) is 84.0. The lowest BCUT2D eigenvalue weighted by Gasteiger charge is -2.50. The second kappa shape index (κ2) is 16.6. The molecule has 4 aromatic rings. The molecular formula is C50H56Cl2FN7O6. The maximum Gasteiger partial charge on any atom is 0.329 e. The van der Waals surface area contributed by atoms with Gasteiger partial charge in [0.2, 0.25) is 29.5 Å². The number of carbonyl (C=O) groups excluding carboxylic acids is 5. The lowest BCUT2D eigenvalue weighted by molar-refractivity contribution is -0.138. The van der Waals surface area contributed by atoms with E-state index in [-0.39, 0.29) is 76.0 Å². The van der Waals surface area contributed by atoms with Gasteiger partial charge in [-0.2, -0.15) is 0 Å². The minimum absolute atomic E-state index is 0.0131. The van der Waals surface area contributed by atoms with Crippen molar-refractivity contribution in [3.05, 3.63) is 97.6 Å². The molecule has 4 aliphatic heterocycles. The fraction of sp³-hybridized carbons (Fsp3) is 0.520. The maximum absolute atomic E-state index is 16.5. The number of nitrogens with one attached hydrogen (secondary N) is 4. The Morgan fingerprint density at radius 3 is 2.24 bits per heavy atom. The molecule has 16 heteroatoms. The third kappa shape index (κ3) is 7.10. The van der Waals surface area contributed by atoms with E-state index >= 15 is 4.39 Å². The van der Waals surface area contributed by atoms with Gasteiger partial charge < -0.3 is 15.5 Å². The van der Waals surface area contributed by atoms with Crippen LogP contribution >= 0.6 is 23.2 Å². The summed E-state index contributed by atoms with van der Waals surface area (Å²) in [5, 5.41) is 12.9. The highest BCUT2D eigenvalue weighted by Gasteiger charge is 2.73. The number of imidazole rings is 1. The summed E-state index contributed by atoms with van der Waals surface area (Å²) in [5.74, 6) is -2.99. The Hall–Kier alpha value is -5.05. The molecule has 2 saturated carbocycles. The monoisotopic (exact) mass is 939 g/mol. The highest BCUT2D eigenvalue weighted by Crippen LogP contribution is 2.64. The van der Waals surface area contributed by atoms with Crippen LogP contribution in [0.15, 0.2) is 59.4 Å². The van der Waals surface area contributed by atoms with Crippen LogP contribution in [0.1, 0.15) is 125 Å². The van der Waals surface area contributed by atoms with Gasteiger partial charge in [-0.3, -0.25) is 43.7 Å². The summed E-state index contributed by atoms with van der Waals surface area (Å²) >= 11 is 12.9. The first-order valence-corrected chi connectivity index (χ1v) is 24.2. The van der Waals surface area contributed by atoms with Crippen molar-refractivity contribution < 1.29 is 28.4 Å². The van der Waals surface area contributed by atoms with Crippen molar-refractivity contribution in [3.63, 3.8) is 0 Å². The normalized spacial score (nSPS) is 28.4. The number of carbonyl (C=O) groups is 5. The Morgan fingerprint density at radius 1 is 0.833 bits per heavy atom. The van der Waals surface area contributed by atoms with E-state index in [4.69, 9.17) is 23.2 Å². The third-order valence-corrected chi connectivity index (χ3v) is 16.9. The van der Waals surface area contributed by atoms with Gasteiger partial charge in [0.15, 0.2) is 0 Å². The number of nitrogens with zero attached hydrogens (tertiary/aromatic N) is 3. The molecule has 3 aromatic carbocycles. The second-order valence-corrected chi connectivity index (χ2v) is 21.3. The van der Waals surface area contributed by atoms with Crippen LogP contribution in [-0.2, 0) is 36.4 Å². The molecule has 2 aliphatic carbocycles. The number of fused-ring (bicyclic) bond motifs is 4. The second-order valence-electron chi connectivity index (χ2n) is 20.5. The largest absolute Gasteiger partial charge is 0.352 e. The van der Waals surface area contributed by atoms with E-state index in [2.05, 4.69) is 35.1 Å². The lowest BCUT2D eigenvalue weighted by atomic mass is 9.53. The first-order chi connectivity index (χ1) is 31.5. The quantitative estimate of drug-likeness (QED) is 0.150. The number of hydrogen-bond acceptors (Lipinski definition) is 7. The number of piperidine rings is 2. The number of likely N-dealkylation sites (tertiary alicyclic amines) is 1. The van der Waals surface area contributed by atoms with E-state index in [1.54, 1.807) is 35.9 Å². The number of amides is 5. The highest BCUT2D eigenvalue weighted by molar-refractivity contribution is 6.31. The number of halogens is 3. The summed E-state index contributed by atoms with van der Waals surface area (Å²) < 4.78 is 19.6. The number of aromatic nitrogens is 2. The minimum Gasteiger partial charge on any atom is -0.352 e. The molecule has 3 saturated heterocycles. The van der Waals surface area contributed by atoms with Crippen molar-refractivity contribution in [1.82, 2.24) is 30.0 Å². The molecule has 66 heavy (non-hydrogen) atoms. The van der Waals surface area contributed by atoms with Crippen LogP contribution < -0.4 is 27.0 Å². The molecule has 5 heterocycles. The smallest absolute Gasteiger partial charge is 0.329 e. The van der Waals surface area contributed by atoms with Crippen molar-refractivity contribution in [2.24, 2.45) is 18.4 Å². The SMILES string of the molecule is Cn1c(=O)n(C2CCC(=O)NC2=O)c2cccc(C3CCN(C(=O)[C@H]4CC[C@H](NC(=O)[C@@H]5NC6(CCC(C)(C)CC6)[C@@]6(C(=O)Nc7cc(Cl)ccc76)[C@H]5c5cccc(Cl)c5F)CC4)CC3)c21. The van der Waals surface area contributed by atoms with Crippen LogP contribution in [0.25, 0.3) is 11.0 Å². The number of anilines is 1. The van der Waals surface area contributed by atoms with E-state index < -0.39 is 40.7 Å². The molecule has 1 unspecified atom stereocenters. The van der Waals surface area contributed by atoms with Gasteiger partial charge in [0, 0.05) is 60.7 Å². The summed E-state index contributed by atoms with van der Waals surface area (Å²) in [6, 6.07) is 13.9. The van der Waals surface area contributed by atoms with E-state index in [1.165, 1.54) is 10.6 Å². The van der Waals surface area contributed by atoms with E-state index in [0.29, 0.717) is 86.2 Å². The molecule has 1 aromatic heterocycles. The predicted molar refractivity (Wildman–Crippen MR) is 249 cm³/mol. The zero-order valence-electron chi connectivity index (χ0n) is 37.5. The van der Waals surface area contributed by atoms with Gasteiger partial charge in [0.1, 0.15) is 17.3 Å². The van der Waals surface area contributed by atoms with Gasteiger partial charge in [0.25, 0.3) is 0 Å². The van der Waals surface area contributed by atoms with E-state index in [9.17, 15) is 28.8 Å². The van der Waals surface area contributed by atoms with Gasteiger partial charge in [-0.15, -0.1) is 0 Å². The molecule has 4 atom stereocenters. The molecule has 13 nitrogen and oxygen atoms in total. The summed E-state index contributed by atoms with van der Waals surface area (Å²) in [7, 11) is 1.71. The number of hydrogen-bond donors (Lipinski definition) is 4. The molecular weight excluding hydrogens is 884 g/mol. The molecule has 348 valence electrons. The van der Waals surface area contributed by atoms with Gasteiger partial charge in [-0.05, 0) is 123 Å². The summed E-state index contributed by atoms with van der Waals surface area (Å²) in [6.07, 6.45) is 7.02. The van der Waals surface area contributed by atoms with Crippen molar-refractivity contribution in [3.8, 4) is 0 Å². The van der Waals surface area contributed by atoms with Gasteiger partial charge in [-0.1, -0.05) is 67.4 Å². The Balaban J connectivity index is 0.840. The number of rotatable bonds is 6. The Labute approximate surface area is 392 Å². The van der Waals surface area contributed by atoms with Gasteiger partial charge in [0.05, 0.1) is 22.1 Å². The summed E-state index contributed by atoms with van der Waals surface area (Å²) in [6.45, 7) is 5.56. The van der Waals surface area contributed by atoms with Crippen molar-refractivity contribution in [2.75, 3.05) is 18.4 Å². The topological polar surface area (TPSA) is 164 Å². The average molecular weight is 941 g/mol. The van der Waals surface area contributed by atoms with Crippen LogP contribution in [0.2, 0.25) is 10.0 Å². The fourth-order valence-corrected chi connectivity index (χ4v) is 13.2. The predicted octanol–water partition coefficient (Wildman–Crippen LogP) is 7.13. The maximum atomic E-state index is 16.5. The third-order valence-electron chi connectivity index (χ3n) is 16.4. The molecule has 0 radical (unpaired) electrons. The summed E-state index contributed by atoms with van der Waals surface area (Å²) in [5.41, 5.74) is 1.37. The average Bonchev–Trinajstić information content (AvgIpc) is 3.86. The number of aryl methyl sites for hydroxylation is 1. The van der Waals surface area contributed by atoms with Gasteiger partial charge >= 0.3 is 5.69 Å². The zero-order valence-corrected chi connectivity index (χ0v) is 39.0. The first kappa shape index (κ1) is 44.8. The fourth-order valence-electron chi connectivity index (χ4n) is 12.9. The number of imide groups is 1. The molecule has 2 spiro atoms. The first-order valence-electron chi connectivity index (χ1n) is 23.5. The lowest BCUT2D eigenvalue weighted by Crippen LogP contribution is -2.61. The van der Waals surface area contributed by atoms with Crippen LogP contribution in [0.3, 0.4) is 0 Å². The van der Waals surface area contributed by atoms with Crippen molar-refractivity contribution in [1.29, 1.82) is 0 Å². The standard InChI is InChI=1S/C50H56Cl2FN7O6/c1-48(2)20-22-49(23-21-48)50(33-15-12-29(51)26-35(33)55-46(50)65)39(32-7-4-8-34(52)40(32)53)41(57-49)44(63)54-30-13-10-28(11-14-30)45(64)59-24-18-27(19-25-59)31-6-5-9-36-42(31)58(3)47(66)60(36)37-16-17-38(61)56-43(37)62/h4-9,12,15,26-28,30,37,39,41,57H,10-11,13-14,16-25H2,1-3H3,(H,54,63)(H,55,65)(H,56,61,62)/t28-,30-,37?,39-,41+,50+/m0/s1. The zero-order chi connectivity index (χ0) is 46.4. The number of para-hydroxylation sites is 1. The van der Waals surface area contributed by atoms with Gasteiger partial charge in [-0.25, -0.2) is 9.18 Å². The number of benzene rings is 3. The van der Waals surface area contributed by atoms with Crippen LogP contribution in [0.5, 0.6) is 0 Å². The Bertz CT molecular complexity index is 2740. The Morgan fingerprint density at radius 2 is 1.53 bits per heavy atom. The van der Waals surface area contributed by atoms with E-state index in [0.717, 1.165) is 23.9 Å². The molecule has 5 fully saturated rings. The van der Waals surface area contributed by atoms with E-state index in [1.807, 2.05) is 29.2 Å². The van der Waals surface area contributed by atoms with Crippen molar-refractivity contribution in [2.45, 2.75) is 132 Å². The van der Waals surface area contributed by atoms with Crippen LogP contribution in [0.4, 0.5) is 10.1 Å². The molecule has 0 bridgehead atoms. The molecule has 5 amide bonds. The highest BCUT2D eigenvalue weighted by atomic mass is 35.5. The van der Waals surface area contributed by atoms with Crippen molar-refractivity contribution >= 4 is 69.5 Å². The Kier molecular flexibility index (Phi) is 11.3. The molecule has 6 aliphatic rings. The van der Waals surface area contributed by atoms with Crippen LogP contribution in [-0.4, -0.2) is 74.3 Å². The minimum atomic E-state index is -1.35. The molecule has 10 rings (SSSR count). The van der Waals surface area contributed by atoms with Crippen LogP contribution in [0, 0.1) is 17.2 Å².